The lowest BCUT2D eigenvalue weighted by molar-refractivity contribution is -0.143. The number of benzene rings is 2. The summed E-state index contributed by atoms with van der Waals surface area (Å²) in [5, 5.41) is 1.93. The summed E-state index contributed by atoms with van der Waals surface area (Å²) in [5.74, 6) is 0.717. The van der Waals surface area contributed by atoms with Crippen LogP contribution in [0.1, 0.15) is 42.8 Å². The van der Waals surface area contributed by atoms with Crippen molar-refractivity contribution in [2.75, 3.05) is 7.11 Å². The van der Waals surface area contributed by atoms with Crippen LogP contribution in [0.5, 0.6) is 11.5 Å². The smallest absolute Gasteiger partial charge is 0.338 e. The van der Waals surface area contributed by atoms with Gasteiger partial charge in [-0.1, -0.05) is 53.8 Å². The normalized spacial score (nSPS) is 15.2. The highest BCUT2D eigenvalue weighted by Gasteiger charge is 2.34. The van der Waals surface area contributed by atoms with Crippen molar-refractivity contribution >= 4 is 34.7 Å². The number of hydrogen-bond acceptors (Lipinski definition) is 8. The molecule has 0 saturated carbocycles. The highest BCUT2D eigenvalue weighted by atomic mass is 32.1. The van der Waals surface area contributed by atoms with Gasteiger partial charge in [-0.3, -0.25) is 9.36 Å². The Balaban J connectivity index is 1.53. The molecule has 0 fully saturated rings. The summed E-state index contributed by atoms with van der Waals surface area (Å²) in [4.78, 5) is 32.9. The second-order valence-electron chi connectivity index (χ2n) is 9.24. The molecule has 3 heterocycles. The number of carbonyl (C=O) groups is 1. The second-order valence-corrected chi connectivity index (χ2v) is 11.2. The molecule has 1 aliphatic rings. The predicted octanol–water partition coefficient (Wildman–Crippen LogP) is 4.84. The quantitative estimate of drug-likeness (QED) is 0.288. The number of nitrogens with zero attached hydrogens (tertiary/aromatic N) is 2. The molecule has 0 unspecified atom stereocenters. The molecule has 0 radical (unpaired) electrons. The van der Waals surface area contributed by atoms with Crippen LogP contribution in [0.3, 0.4) is 0 Å². The number of hydrogen-bond donors (Lipinski definition) is 0. The van der Waals surface area contributed by atoms with Gasteiger partial charge in [0.05, 0.1) is 29.0 Å². The van der Waals surface area contributed by atoms with Crippen LogP contribution in [-0.2, 0) is 16.1 Å². The molecule has 9 heteroatoms. The maximum absolute atomic E-state index is 13.8. The standard InChI is InChI=1S/C30H28N2O5S2/c1-18(2)37-29(34)26-19(3)31-30-32(27(26)24-11-8-14-38-24)28(33)25(39-30)16-21-12-13-22(23(15-21)35-4)36-17-20-9-6-5-7-10-20/h5-16,18,27H,17H2,1-4H3/b25-16+/t27-/m1/s1. The number of aromatic nitrogens is 1. The number of carbonyl (C=O) groups excluding carboxylic acids is 1. The fraction of sp³-hybridized carbons (Fsp3) is 0.233. The van der Waals surface area contributed by atoms with Gasteiger partial charge in [-0.05, 0) is 61.6 Å². The van der Waals surface area contributed by atoms with Gasteiger partial charge in [0, 0.05) is 4.88 Å². The van der Waals surface area contributed by atoms with Gasteiger partial charge < -0.3 is 14.2 Å². The van der Waals surface area contributed by atoms with Gasteiger partial charge in [-0.2, -0.15) is 0 Å². The third-order valence-corrected chi connectivity index (χ3v) is 8.03. The molecule has 7 nitrogen and oxygen atoms in total. The molecule has 0 N–H and O–H groups in total. The van der Waals surface area contributed by atoms with E-state index in [9.17, 15) is 9.59 Å². The van der Waals surface area contributed by atoms with E-state index in [2.05, 4.69) is 4.99 Å². The Kier molecular flexibility index (Phi) is 7.81. The summed E-state index contributed by atoms with van der Waals surface area (Å²) in [6, 6.07) is 18.7. The fourth-order valence-electron chi connectivity index (χ4n) is 4.36. The van der Waals surface area contributed by atoms with Crippen molar-refractivity contribution in [3.05, 3.63) is 113 Å². The van der Waals surface area contributed by atoms with E-state index in [1.54, 1.807) is 32.4 Å². The topological polar surface area (TPSA) is 79.1 Å². The van der Waals surface area contributed by atoms with Crippen LogP contribution < -0.4 is 24.4 Å². The number of methoxy groups -OCH3 is 1. The highest BCUT2D eigenvalue weighted by Crippen LogP contribution is 2.33. The largest absolute Gasteiger partial charge is 0.493 e. The molecular weight excluding hydrogens is 532 g/mol. The maximum atomic E-state index is 13.8. The number of ether oxygens (including phenoxy) is 3. The Morgan fingerprint density at radius 1 is 1.10 bits per heavy atom. The summed E-state index contributed by atoms with van der Waals surface area (Å²) in [7, 11) is 1.59. The number of rotatable bonds is 8. The molecular formula is C30H28N2O5S2. The first-order valence-corrected chi connectivity index (χ1v) is 14.2. The Morgan fingerprint density at radius 2 is 1.90 bits per heavy atom. The summed E-state index contributed by atoms with van der Waals surface area (Å²) in [5.41, 5.74) is 2.55. The van der Waals surface area contributed by atoms with E-state index in [0.29, 0.717) is 38.7 Å². The Morgan fingerprint density at radius 3 is 2.59 bits per heavy atom. The van der Waals surface area contributed by atoms with E-state index in [0.717, 1.165) is 16.0 Å². The summed E-state index contributed by atoms with van der Waals surface area (Å²) in [6.07, 6.45) is 1.52. The average molecular weight is 561 g/mol. The van der Waals surface area contributed by atoms with E-state index in [1.807, 2.05) is 72.1 Å². The number of allylic oxidation sites excluding steroid dienone is 1. The number of thiophene rings is 1. The Labute approximate surface area is 234 Å². The molecule has 39 heavy (non-hydrogen) atoms. The molecule has 4 aromatic rings. The van der Waals surface area contributed by atoms with Crippen LogP contribution >= 0.6 is 22.7 Å². The lowest BCUT2D eigenvalue weighted by atomic mass is 10.0. The van der Waals surface area contributed by atoms with Crippen molar-refractivity contribution < 1.29 is 19.0 Å². The molecule has 2 aromatic carbocycles. The summed E-state index contributed by atoms with van der Waals surface area (Å²) in [6.45, 7) is 5.80. The minimum Gasteiger partial charge on any atom is -0.493 e. The van der Waals surface area contributed by atoms with Crippen molar-refractivity contribution in [2.24, 2.45) is 4.99 Å². The van der Waals surface area contributed by atoms with Gasteiger partial charge in [0.1, 0.15) is 12.6 Å². The van der Waals surface area contributed by atoms with Crippen LogP contribution in [0.4, 0.5) is 0 Å². The third kappa shape index (κ3) is 5.60. The monoisotopic (exact) mass is 560 g/mol. The van der Waals surface area contributed by atoms with Gasteiger partial charge in [-0.15, -0.1) is 11.3 Å². The first kappa shape index (κ1) is 26.6. The Hall–Kier alpha value is -3.95. The van der Waals surface area contributed by atoms with Crippen molar-refractivity contribution in [1.29, 1.82) is 0 Å². The van der Waals surface area contributed by atoms with E-state index >= 15 is 0 Å². The van der Waals surface area contributed by atoms with Crippen molar-refractivity contribution in [2.45, 2.75) is 39.5 Å². The zero-order chi connectivity index (χ0) is 27.5. The van der Waals surface area contributed by atoms with Gasteiger partial charge in [-0.25, -0.2) is 9.79 Å². The van der Waals surface area contributed by atoms with Crippen LogP contribution in [-0.4, -0.2) is 23.8 Å². The molecule has 2 aromatic heterocycles. The Bertz CT molecular complexity index is 1700. The zero-order valence-electron chi connectivity index (χ0n) is 22.0. The van der Waals surface area contributed by atoms with Gasteiger partial charge in [0.2, 0.25) is 0 Å². The third-order valence-electron chi connectivity index (χ3n) is 6.12. The summed E-state index contributed by atoms with van der Waals surface area (Å²) >= 11 is 2.78. The lowest BCUT2D eigenvalue weighted by Gasteiger charge is -2.24. The molecule has 1 atom stereocenters. The predicted molar refractivity (Wildman–Crippen MR) is 153 cm³/mol. The maximum Gasteiger partial charge on any atom is 0.338 e. The molecule has 0 amide bonds. The first-order valence-electron chi connectivity index (χ1n) is 12.5. The summed E-state index contributed by atoms with van der Waals surface area (Å²) < 4.78 is 19.2. The van der Waals surface area contributed by atoms with E-state index in [1.165, 1.54) is 22.7 Å². The van der Waals surface area contributed by atoms with Gasteiger partial charge in [0.15, 0.2) is 16.3 Å². The van der Waals surface area contributed by atoms with Gasteiger partial charge in [0.25, 0.3) is 5.56 Å². The van der Waals surface area contributed by atoms with Gasteiger partial charge >= 0.3 is 5.97 Å². The lowest BCUT2D eigenvalue weighted by Crippen LogP contribution is -2.39. The molecule has 0 bridgehead atoms. The van der Waals surface area contributed by atoms with Crippen molar-refractivity contribution in [3.63, 3.8) is 0 Å². The van der Waals surface area contributed by atoms with E-state index in [-0.39, 0.29) is 11.7 Å². The average Bonchev–Trinajstić information content (AvgIpc) is 3.55. The second kappa shape index (κ2) is 11.4. The highest BCUT2D eigenvalue weighted by molar-refractivity contribution is 7.10. The van der Waals surface area contributed by atoms with Crippen molar-refractivity contribution in [3.8, 4) is 11.5 Å². The molecule has 0 aliphatic carbocycles. The zero-order valence-corrected chi connectivity index (χ0v) is 23.7. The molecule has 200 valence electrons. The molecule has 0 spiro atoms. The van der Waals surface area contributed by atoms with Crippen LogP contribution in [0, 0.1) is 0 Å². The number of esters is 1. The number of fused-ring (bicyclic) bond motifs is 1. The molecule has 0 saturated heterocycles. The minimum absolute atomic E-state index is 0.220. The molecule has 5 rings (SSSR count). The SMILES string of the molecule is COc1cc(/C=c2/sc3n(c2=O)[C@H](c2cccs2)C(C(=O)OC(C)C)=C(C)N=3)ccc1OCc1ccccc1. The first-order chi connectivity index (χ1) is 18.9. The fourth-order valence-corrected chi connectivity index (χ4v) is 6.23. The van der Waals surface area contributed by atoms with E-state index < -0.39 is 12.0 Å². The van der Waals surface area contributed by atoms with Crippen LogP contribution in [0.25, 0.3) is 6.08 Å². The number of thiazole rings is 1. The van der Waals surface area contributed by atoms with Crippen LogP contribution in [0.15, 0.2) is 87.1 Å². The minimum atomic E-state index is -0.599. The van der Waals surface area contributed by atoms with E-state index in [4.69, 9.17) is 14.2 Å². The van der Waals surface area contributed by atoms with Crippen molar-refractivity contribution in [1.82, 2.24) is 4.57 Å². The van der Waals surface area contributed by atoms with Crippen LogP contribution in [0.2, 0.25) is 0 Å². The molecule has 1 aliphatic heterocycles.